The van der Waals surface area contributed by atoms with Crippen molar-refractivity contribution < 1.29 is 24.2 Å². The molecule has 0 saturated carbocycles. The van der Waals surface area contributed by atoms with Gasteiger partial charge in [-0.05, 0) is 60.3 Å². The number of carboxylic acids is 1. The number of ether oxygens (including phenoxy) is 1. The molecule has 1 aliphatic rings. The minimum absolute atomic E-state index is 0.0619. The molecule has 7 nitrogen and oxygen atoms in total. The molecule has 0 atom stereocenters. The first-order chi connectivity index (χ1) is 13.3. The molecule has 0 radical (unpaired) electrons. The molecule has 2 aromatic carbocycles. The number of nitrogens with one attached hydrogen (secondary N) is 1. The van der Waals surface area contributed by atoms with E-state index in [1.807, 2.05) is 0 Å². The molecule has 0 aliphatic carbocycles. The molecule has 0 unspecified atom stereocenters. The van der Waals surface area contributed by atoms with Crippen LogP contribution < -0.4 is 15.0 Å². The summed E-state index contributed by atoms with van der Waals surface area (Å²) in [6, 6.07) is 10.4. The Morgan fingerprint density at radius 2 is 1.89 bits per heavy atom. The summed E-state index contributed by atoms with van der Waals surface area (Å²) >= 11 is 11.2. The number of amides is 2. The quantitative estimate of drug-likeness (QED) is 0.452. The second-order valence-corrected chi connectivity index (χ2v) is 6.50. The number of nitrogens with zero attached hydrogens (tertiary/aromatic N) is 1. The van der Waals surface area contributed by atoms with Gasteiger partial charge in [-0.3, -0.25) is 19.8 Å². The van der Waals surface area contributed by atoms with Gasteiger partial charge in [-0.25, -0.2) is 4.79 Å². The van der Waals surface area contributed by atoms with E-state index in [2.05, 4.69) is 5.32 Å². The van der Waals surface area contributed by atoms with Gasteiger partial charge < -0.3 is 9.84 Å². The third kappa shape index (κ3) is 3.73. The van der Waals surface area contributed by atoms with Crippen LogP contribution in [0.5, 0.6) is 5.75 Å². The maximum atomic E-state index is 12.9. The van der Waals surface area contributed by atoms with Crippen molar-refractivity contribution in [3.05, 3.63) is 64.2 Å². The van der Waals surface area contributed by atoms with E-state index in [1.165, 1.54) is 37.5 Å². The minimum Gasteiger partial charge on any atom is -0.495 e. The van der Waals surface area contributed by atoms with E-state index in [9.17, 15) is 14.4 Å². The van der Waals surface area contributed by atoms with Gasteiger partial charge in [0.25, 0.3) is 11.8 Å². The molecule has 9 heteroatoms. The second-order valence-electron chi connectivity index (χ2n) is 5.70. The van der Waals surface area contributed by atoms with Crippen LogP contribution in [0.25, 0.3) is 6.08 Å². The number of rotatable bonds is 4. The van der Waals surface area contributed by atoms with Crippen LogP contribution in [0.2, 0.25) is 5.02 Å². The molecule has 1 saturated heterocycles. The first-order valence-electron chi connectivity index (χ1n) is 7.90. The van der Waals surface area contributed by atoms with Crippen LogP contribution in [0.4, 0.5) is 5.69 Å². The van der Waals surface area contributed by atoms with E-state index in [1.54, 1.807) is 18.2 Å². The fourth-order valence-corrected chi connectivity index (χ4v) is 3.13. The second kappa shape index (κ2) is 7.79. The molecule has 0 bridgehead atoms. The van der Waals surface area contributed by atoms with Crippen LogP contribution >= 0.6 is 23.8 Å². The number of hydrogen-bond acceptors (Lipinski definition) is 5. The summed E-state index contributed by atoms with van der Waals surface area (Å²) in [6.45, 7) is 0. The molecule has 2 aromatic rings. The van der Waals surface area contributed by atoms with Crippen LogP contribution in [0, 0.1) is 0 Å². The Morgan fingerprint density at radius 1 is 1.21 bits per heavy atom. The summed E-state index contributed by atoms with van der Waals surface area (Å²) in [5.74, 6) is -1.90. The van der Waals surface area contributed by atoms with Crippen LogP contribution in [0.3, 0.4) is 0 Å². The maximum absolute atomic E-state index is 12.9. The number of carboxylic acid groups (broad SMARTS) is 1. The minimum atomic E-state index is -1.09. The molecule has 1 heterocycles. The zero-order valence-corrected chi connectivity index (χ0v) is 16.0. The summed E-state index contributed by atoms with van der Waals surface area (Å²) in [5.41, 5.74) is 0.779. The topological polar surface area (TPSA) is 95.9 Å². The molecule has 1 aliphatic heterocycles. The Morgan fingerprint density at radius 3 is 2.46 bits per heavy atom. The highest BCUT2D eigenvalue weighted by Crippen LogP contribution is 2.27. The molecule has 28 heavy (non-hydrogen) atoms. The van der Waals surface area contributed by atoms with E-state index >= 15 is 0 Å². The van der Waals surface area contributed by atoms with Gasteiger partial charge in [0, 0.05) is 0 Å². The Balaban J connectivity index is 1.98. The van der Waals surface area contributed by atoms with E-state index in [0.717, 1.165) is 4.90 Å². The first kappa shape index (κ1) is 19.5. The van der Waals surface area contributed by atoms with Crippen molar-refractivity contribution in [3.63, 3.8) is 0 Å². The summed E-state index contributed by atoms with van der Waals surface area (Å²) < 4.78 is 5.08. The number of aromatic carboxylic acids is 1. The Hall–Kier alpha value is -3.23. The fourth-order valence-electron chi connectivity index (χ4n) is 2.58. The normalized spacial score (nSPS) is 15.6. The third-order valence-electron chi connectivity index (χ3n) is 3.96. The van der Waals surface area contributed by atoms with Crippen LogP contribution in [-0.4, -0.2) is 35.1 Å². The van der Waals surface area contributed by atoms with Gasteiger partial charge in [0.1, 0.15) is 11.3 Å². The Labute approximate surface area is 170 Å². The van der Waals surface area contributed by atoms with E-state index in [4.69, 9.17) is 33.7 Å². The number of benzene rings is 2. The zero-order valence-electron chi connectivity index (χ0n) is 14.4. The number of carbonyl (C=O) groups is 3. The van der Waals surface area contributed by atoms with Crippen molar-refractivity contribution in [2.24, 2.45) is 0 Å². The first-order valence-corrected chi connectivity index (χ1v) is 8.69. The largest absolute Gasteiger partial charge is 0.495 e. The van der Waals surface area contributed by atoms with Crippen LogP contribution in [0.1, 0.15) is 15.9 Å². The van der Waals surface area contributed by atoms with Gasteiger partial charge in [-0.15, -0.1) is 0 Å². The molecular formula is C19H13ClN2O5S. The van der Waals surface area contributed by atoms with Gasteiger partial charge in [0.2, 0.25) is 0 Å². The number of hydrogen-bond donors (Lipinski definition) is 2. The standard InChI is InChI=1S/C19H13ClN2O5S/c1-27-15-7-2-10(9-14(15)20)8-13-16(23)21-19(28)22(17(13)24)12-5-3-11(4-6-12)18(25)26/h2-9H,1H3,(H,25,26)(H,21,23,28)/b13-8+. The highest BCUT2D eigenvalue weighted by atomic mass is 35.5. The predicted molar refractivity (Wildman–Crippen MR) is 108 cm³/mol. The molecule has 0 aromatic heterocycles. The number of halogens is 1. The highest BCUT2D eigenvalue weighted by molar-refractivity contribution is 7.80. The lowest BCUT2D eigenvalue weighted by atomic mass is 10.1. The van der Waals surface area contributed by atoms with Crippen molar-refractivity contribution in [1.29, 1.82) is 0 Å². The van der Waals surface area contributed by atoms with E-state index in [-0.39, 0.29) is 16.2 Å². The van der Waals surface area contributed by atoms with Gasteiger partial charge >= 0.3 is 5.97 Å². The monoisotopic (exact) mass is 416 g/mol. The highest BCUT2D eigenvalue weighted by Gasteiger charge is 2.34. The number of anilines is 1. The molecular weight excluding hydrogens is 404 g/mol. The summed E-state index contributed by atoms with van der Waals surface area (Å²) in [7, 11) is 1.48. The van der Waals surface area contributed by atoms with E-state index in [0.29, 0.717) is 22.0 Å². The van der Waals surface area contributed by atoms with Crippen LogP contribution in [0.15, 0.2) is 48.0 Å². The fraction of sp³-hybridized carbons (Fsp3) is 0.0526. The smallest absolute Gasteiger partial charge is 0.335 e. The molecule has 2 amide bonds. The molecule has 0 spiro atoms. The Kier molecular flexibility index (Phi) is 5.43. The van der Waals surface area contributed by atoms with Gasteiger partial charge in [-0.1, -0.05) is 17.7 Å². The summed E-state index contributed by atoms with van der Waals surface area (Å²) in [6.07, 6.45) is 1.39. The van der Waals surface area contributed by atoms with Crippen LogP contribution in [-0.2, 0) is 9.59 Å². The molecule has 142 valence electrons. The van der Waals surface area contributed by atoms with Crippen molar-refractivity contribution >= 4 is 58.5 Å². The third-order valence-corrected chi connectivity index (χ3v) is 4.54. The van der Waals surface area contributed by atoms with Gasteiger partial charge in [0.05, 0.1) is 23.4 Å². The number of methoxy groups -OCH3 is 1. The maximum Gasteiger partial charge on any atom is 0.335 e. The van der Waals surface area contributed by atoms with Crippen molar-refractivity contribution in [3.8, 4) is 5.75 Å². The summed E-state index contributed by atoms with van der Waals surface area (Å²) in [4.78, 5) is 37.3. The Bertz CT molecular complexity index is 1030. The summed E-state index contributed by atoms with van der Waals surface area (Å²) in [5, 5.41) is 11.7. The SMILES string of the molecule is COc1ccc(/C=C2\C(=O)NC(=S)N(c3ccc(C(=O)O)cc3)C2=O)cc1Cl. The number of carbonyl (C=O) groups excluding carboxylic acids is 2. The average Bonchev–Trinajstić information content (AvgIpc) is 2.65. The number of thiocarbonyl (C=S) groups is 1. The predicted octanol–water partition coefficient (Wildman–Crippen LogP) is 2.88. The lowest BCUT2D eigenvalue weighted by Crippen LogP contribution is -2.54. The van der Waals surface area contributed by atoms with Gasteiger partial charge in [-0.2, -0.15) is 0 Å². The van der Waals surface area contributed by atoms with Crippen molar-refractivity contribution in [2.75, 3.05) is 12.0 Å². The lowest BCUT2D eigenvalue weighted by Gasteiger charge is -2.29. The van der Waals surface area contributed by atoms with E-state index < -0.39 is 17.8 Å². The average molecular weight is 417 g/mol. The zero-order chi connectivity index (χ0) is 20.4. The van der Waals surface area contributed by atoms with Gasteiger partial charge in [0.15, 0.2) is 5.11 Å². The van der Waals surface area contributed by atoms with Crippen molar-refractivity contribution in [2.45, 2.75) is 0 Å². The molecule has 2 N–H and O–H groups in total. The van der Waals surface area contributed by atoms with Crippen molar-refractivity contribution in [1.82, 2.24) is 5.32 Å². The molecule has 3 rings (SSSR count). The molecule has 1 fully saturated rings. The lowest BCUT2D eigenvalue weighted by molar-refractivity contribution is -0.122.